The van der Waals surface area contributed by atoms with Crippen molar-refractivity contribution in [1.82, 2.24) is 9.97 Å². The Balaban J connectivity index is 2.30. The van der Waals surface area contributed by atoms with Gasteiger partial charge < -0.3 is 0 Å². The summed E-state index contributed by atoms with van der Waals surface area (Å²) in [6, 6.07) is 0. The van der Waals surface area contributed by atoms with E-state index >= 15 is 0 Å². The summed E-state index contributed by atoms with van der Waals surface area (Å²) in [7, 11) is 0. The first-order valence-electron chi connectivity index (χ1n) is 6.27. The van der Waals surface area contributed by atoms with E-state index in [1.807, 2.05) is 0 Å². The van der Waals surface area contributed by atoms with Crippen LogP contribution in [0.15, 0.2) is 19.2 Å². The minimum absolute atomic E-state index is 0.385. The molecule has 2 aromatic carbocycles. The monoisotopic (exact) mass is 266 g/mol. The Morgan fingerprint density at radius 2 is 0.850 bits per heavy atom. The molecule has 2 N–H and O–H groups in total. The quantitative estimate of drug-likeness (QED) is 0.454. The Morgan fingerprint density at radius 1 is 0.500 bits per heavy atom. The highest BCUT2D eigenvalue weighted by molar-refractivity contribution is 6.31. The first kappa shape index (κ1) is 10.1. The molecule has 2 aromatic heterocycles. The lowest BCUT2D eigenvalue weighted by molar-refractivity contribution is 0.973. The molecule has 0 fully saturated rings. The Bertz CT molecular complexity index is 1170. The Labute approximate surface area is 108 Å². The van der Waals surface area contributed by atoms with E-state index in [2.05, 4.69) is 9.97 Å². The topological polar surface area (TPSA) is 99.9 Å². The summed E-state index contributed by atoms with van der Waals surface area (Å²) >= 11 is 0. The molecule has 0 radical (unpaired) electrons. The van der Waals surface area contributed by atoms with Gasteiger partial charge in [-0.05, 0) is 24.0 Å². The van der Waals surface area contributed by atoms with Gasteiger partial charge in [-0.15, -0.1) is 0 Å². The van der Waals surface area contributed by atoms with Gasteiger partial charge in [-0.3, -0.25) is 29.1 Å². The molecule has 2 bridgehead atoms. The molecule has 96 valence electrons. The summed E-state index contributed by atoms with van der Waals surface area (Å²) in [4.78, 5) is 51.9. The van der Waals surface area contributed by atoms with Crippen LogP contribution in [-0.2, 0) is 12.8 Å². The van der Waals surface area contributed by atoms with Crippen molar-refractivity contribution < 1.29 is 0 Å². The number of hydrogen-bond acceptors (Lipinski definition) is 4. The van der Waals surface area contributed by atoms with E-state index in [0.29, 0.717) is 45.2 Å². The van der Waals surface area contributed by atoms with Crippen LogP contribution in [0.2, 0.25) is 0 Å². The van der Waals surface area contributed by atoms with Crippen molar-refractivity contribution in [2.75, 3.05) is 0 Å². The second kappa shape index (κ2) is 2.72. The standard InChI is InChI=1S/C14H6N2O4/c17-11-7-3-1-2-4(8(7)12(18)15-11)6-5(3)9-10(6)14(20)16-13(9)19/h1-2H2,(H,15,17,18)(H,16,19,20). The molecular weight excluding hydrogens is 260 g/mol. The van der Waals surface area contributed by atoms with E-state index in [0.717, 1.165) is 11.1 Å². The number of hydrogen-bond donors (Lipinski definition) is 2. The van der Waals surface area contributed by atoms with Crippen LogP contribution in [0, 0.1) is 0 Å². The van der Waals surface area contributed by atoms with Crippen LogP contribution in [-0.4, -0.2) is 9.97 Å². The second-order valence-electron chi connectivity index (χ2n) is 5.27. The Kier molecular flexibility index (Phi) is 1.37. The zero-order valence-electron chi connectivity index (χ0n) is 10.0. The minimum atomic E-state index is -0.406. The number of nitrogens with one attached hydrogen (secondary N) is 2. The zero-order chi connectivity index (χ0) is 13.8. The third-order valence-electron chi connectivity index (χ3n) is 4.44. The fraction of sp³-hybridized carbons (Fsp3) is 0.143. The van der Waals surface area contributed by atoms with Crippen LogP contribution in [0.5, 0.6) is 0 Å². The van der Waals surface area contributed by atoms with E-state index in [1.54, 1.807) is 0 Å². The normalized spacial score (nSPS) is 14.4. The van der Waals surface area contributed by atoms with Crippen LogP contribution in [0.4, 0.5) is 0 Å². The summed E-state index contributed by atoms with van der Waals surface area (Å²) in [5.41, 5.74) is -0.147. The molecule has 6 rings (SSSR count). The molecule has 0 saturated heterocycles. The van der Waals surface area contributed by atoms with Crippen molar-refractivity contribution in [1.29, 1.82) is 0 Å². The molecule has 0 unspecified atom stereocenters. The maximum atomic E-state index is 11.9. The lowest BCUT2D eigenvalue weighted by atomic mass is 9.78. The molecule has 0 saturated carbocycles. The van der Waals surface area contributed by atoms with Crippen molar-refractivity contribution in [3.8, 4) is 0 Å². The molecule has 4 aromatic rings. The van der Waals surface area contributed by atoms with Gasteiger partial charge >= 0.3 is 0 Å². The van der Waals surface area contributed by atoms with Gasteiger partial charge in [0.05, 0.1) is 21.5 Å². The molecule has 0 amide bonds. The molecule has 2 aliphatic rings. The number of aromatic amines is 2. The van der Waals surface area contributed by atoms with Gasteiger partial charge in [-0.2, -0.15) is 0 Å². The van der Waals surface area contributed by atoms with Crippen LogP contribution >= 0.6 is 0 Å². The molecule has 0 spiro atoms. The fourth-order valence-electron chi connectivity index (χ4n) is 3.75. The Hall–Kier alpha value is -2.76. The first-order valence-corrected chi connectivity index (χ1v) is 6.27. The largest absolute Gasteiger partial charge is 0.288 e. The summed E-state index contributed by atoms with van der Waals surface area (Å²) in [5, 5.41) is 2.97. The average molecular weight is 266 g/mol. The predicted molar refractivity (Wildman–Crippen MR) is 73.7 cm³/mol. The van der Waals surface area contributed by atoms with E-state index in [1.165, 1.54) is 0 Å². The lowest BCUT2D eigenvalue weighted by Gasteiger charge is -2.22. The number of fused-ring (bicyclic) bond motifs is 2. The van der Waals surface area contributed by atoms with E-state index < -0.39 is 22.2 Å². The van der Waals surface area contributed by atoms with Gasteiger partial charge in [0, 0.05) is 10.8 Å². The summed E-state index contributed by atoms with van der Waals surface area (Å²) < 4.78 is 0. The molecule has 6 nitrogen and oxygen atoms in total. The zero-order valence-corrected chi connectivity index (χ0v) is 10.0. The minimum Gasteiger partial charge on any atom is -0.288 e. The number of rotatable bonds is 0. The van der Waals surface area contributed by atoms with Crippen molar-refractivity contribution in [2.24, 2.45) is 0 Å². The van der Waals surface area contributed by atoms with Gasteiger partial charge in [0.1, 0.15) is 0 Å². The number of H-pyrrole nitrogens is 2. The van der Waals surface area contributed by atoms with Crippen molar-refractivity contribution in [3.05, 3.63) is 52.5 Å². The van der Waals surface area contributed by atoms with Crippen LogP contribution in [0.1, 0.15) is 11.1 Å². The number of benzene rings is 1. The summed E-state index contributed by atoms with van der Waals surface area (Å²) in [6.45, 7) is 0. The van der Waals surface area contributed by atoms with Crippen LogP contribution in [0.3, 0.4) is 0 Å². The summed E-state index contributed by atoms with van der Waals surface area (Å²) in [5.74, 6) is 0. The van der Waals surface area contributed by atoms with Crippen molar-refractivity contribution in [2.45, 2.75) is 12.8 Å². The molecule has 0 atom stereocenters. The van der Waals surface area contributed by atoms with E-state index in [-0.39, 0.29) is 0 Å². The molecule has 0 aliphatic heterocycles. The lowest BCUT2D eigenvalue weighted by Crippen LogP contribution is -2.14. The van der Waals surface area contributed by atoms with Gasteiger partial charge in [-0.25, -0.2) is 0 Å². The van der Waals surface area contributed by atoms with E-state index in [4.69, 9.17) is 0 Å². The highest BCUT2D eigenvalue weighted by Gasteiger charge is 2.32. The maximum Gasteiger partial charge on any atom is 0.259 e. The van der Waals surface area contributed by atoms with Crippen molar-refractivity contribution >= 4 is 32.3 Å². The average Bonchev–Trinajstić information content (AvgIpc) is 2.78. The van der Waals surface area contributed by atoms with Crippen LogP contribution < -0.4 is 22.2 Å². The number of aromatic nitrogens is 2. The molecule has 2 heterocycles. The smallest absolute Gasteiger partial charge is 0.259 e. The molecule has 2 aliphatic carbocycles. The van der Waals surface area contributed by atoms with Gasteiger partial charge in [0.25, 0.3) is 22.2 Å². The molecule has 20 heavy (non-hydrogen) atoms. The third-order valence-corrected chi connectivity index (χ3v) is 4.44. The Morgan fingerprint density at radius 3 is 1.25 bits per heavy atom. The van der Waals surface area contributed by atoms with Gasteiger partial charge in [0.15, 0.2) is 0 Å². The SMILES string of the molecule is O=c1[nH]c(=O)c2c3c4c(c(c12)CC3)c1c(=O)[nH]c(=O)c41. The number of aryl methyl sites for hydroxylation is 2. The second-order valence-corrected chi connectivity index (χ2v) is 5.27. The molecular formula is C14H6N2O4. The van der Waals surface area contributed by atoms with Crippen LogP contribution in [0.25, 0.3) is 32.3 Å². The highest BCUT2D eigenvalue weighted by atomic mass is 16.2. The van der Waals surface area contributed by atoms with E-state index in [9.17, 15) is 19.2 Å². The highest BCUT2D eigenvalue weighted by Crippen LogP contribution is 2.44. The third kappa shape index (κ3) is 0.798. The van der Waals surface area contributed by atoms with Crippen molar-refractivity contribution in [3.63, 3.8) is 0 Å². The molecule has 6 heteroatoms. The first-order chi connectivity index (χ1) is 9.59. The predicted octanol–water partition coefficient (Wildman–Crippen LogP) is -0.345. The fourth-order valence-corrected chi connectivity index (χ4v) is 3.75. The maximum absolute atomic E-state index is 11.9. The van der Waals surface area contributed by atoms with Gasteiger partial charge in [0.2, 0.25) is 0 Å². The summed E-state index contributed by atoms with van der Waals surface area (Å²) in [6.07, 6.45) is 1.26. The van der Waals surface area contributed by atoms with Gasteiger partial charge in [-0.1, -0.05) is 0 Å².